The molecule has 1 aromatic heterocycles. The average Bonchev–Trinajstić information content (AvgIpc) is 3.05. The first-order chi connectivity index (χ1) is 14.9. The van der Waals surface area contributed by atoms with E-state index in [4.69, 9.17) is 0 Å². The Morgan fingerprint density at radius 2 is 1.48 bits per heavy atom. The molecule has 0 N–H and O–H groups in total. The van der Waals surface area contributed by atoms with Gasteiger partial charge < -0.3 is 9.47 Å². The van der Waals surface area contributed by atoms with E-state index in [1.54, 1.807) is 0 Å². The number of carbonyl (C=O) groups excluding carboxylic acids is 2. The molecule has 0 aliphatic carbocycles. The molecule has 1 aliphatic heterocycles. The molecule has 2 aromatic rings. The van der Waals surface area contributed by atoms with Gasteiger partial charge in [-0.25, -0.2) is 0 Å². The first-order valence-electron chi connectivity index (χ1n) is 11.4. The van der Waals surface area contributed by atoms with E-state index in [0.717, 1.165) is 62.8 Å². The fourth-order valence-corrected chi connectivity index (χ4v) is 4.35. The molecular weight excluding hydrogens is 388 g/mol. The highest BCUT2D eigenvalue weighted by atomic mass is 16.2. The fourth-order valence-electron chi connectivity index (χ4n) is 4.35. The number of hydrogen-bond acceptors (Lipinski definition) is 4. The van der Waals surface area contributed by atoms with Gasteiger partial charge in [0.25, 0.3) is 0 Å². The van der Waals surface area contributed by atoms with E-state index in [0.29, 0.717) is 13.1 Å². The molecule has 168 valence electrons. The second kappa shape index (κ2) is 10.7. The summed E-state index contributed by atoms with van der Waals surface area (Å²) in [7, 11) is 0. The van der Waals surface area contributed by atoms with Crippen LogP contribution < -0.4 is 0 Å². The molecule has 1 aromatic carbocycles. The van der Waals surface area contributed by atoms with Crippen molar-refractivity contribution < 1.29 is 9.59 Å². The topological polar surface area (TPSA) is 48.8 Å². The summed E-state index contributed by atoms with van der Waals surface area (Å²) >= 11 is 0. The molecule has 6 nitrogen and oxygen atoms in total. The van der Waals surface area contributed by atoms with Gasteiger partial charge in [-0.3, -0.25) is 19.4 Å². The summed E-state index contributed by atoms with van der Waals surface area (Å²) in [6.07, 6.45) is 0. The maximum absolute atomic E-state index is 13.0. The van der Waals surface area contributed by atoms with Crippen LogP contribution in [0.1, 0.15) is 41.2 Å². The zero-order valence-electron chi connectivity index (χ0n) is 19.4. The standard InChI is InChI=1S/C25H36N4O2/c1-5-28(6-2)25(31)19-27-14-12-26(13-15-27)18-24(30)23-16-20(3)29(21(23)4)17-22-10-8-7-9-11-22/h7-11,16H,5-6,12-15,17-19H2,1-4H3. The number of aryl methyl sites for hydroxylation is 1. The predicted molar refractivity (Wildman–Crippen MR) is 125 cm³/mol. The van der Waals surface area contributed by atoms with E-state index in [1.807, 2.05) is 49.9 Å². The van der Waals surface area contributed by atoms with Crippen LogP contribution in [-0.2, 0) is 11.3 Å². The van der Waals surface area contributed by atoms with Gasteiger partial charge in [-0.15, -0.1) is 0 Å². The van der Waals surface area contributed by atoms with Crippen LogP contribution in [0.3, 0.4) is 0 Å². The van der Waals surface area contributed by atoms with Crippen molar-refractivity contribution in [3.8, 4) is 0 Å². The molecule has 0 unspecified atom stereocenters. The number of piperazine rings is 1. The monoisotopic (exact) mass is 424 g/mol. The van der Waals surface area contributed by atoms with Crippen LogP contribution in [0.25, 0.3) is 0 Å². The number of nitrogens with zero attached hydrogens (tertiary/aromatic N) is 4. The number of aromatic nitrogens is 1. The van der Waals surface area contributed by atoms with Crippen LogP contribution in [0.5, 0.6) is 0 Å². The normalized spacial score (nSPS) is 15.2. The maximum Gasteiger partial charge on any atom is 0.236 e. The van der Waals surface area contributed by atoms with Crippen molar-refractivity contribution in [1.82, 2.24) is 19.3 Å². The number of ketones is 1. The Bertz CT molecular complexity index is 878. The molecule has 0 radical (unpaired) electrons. The van der Waals surface area contributed by atoms with Gasteiger partial charge in [0.2, 0.25) is 5.91 Å². The second-order valence-electron chi connectivity index (χ2n) is 8.40. The molecule has 1 saturated heterocycles. The Hall–Kier alpha value is -2.44. The number of rotatable bonds is 9. The van der Waals surface area contributed by atoms with Gasteiger partial charge in [-0.1, -0.05) is 30.3 Å². The number of likely N-dealkylation sites (N-methyl/N-ethyl adjacent to an activating group) is 1. The summed E-state index contributed by atoms with van der Waals surface area (Å²) in [5, 5.41) is 0. The van der Waals surface area contributed by atoms with E-state index < -0.39 is 0 Å². The molecule has 0 bridgehead atoms. The number of amides is 1. The van der Waals surface area contributed by atoms with Gasteiger partial charge in [0.15, 0.2) is 5.78 Å². The van der Waals surface area contributed by atoms with E-state index in [-0.39, 0.29) is 11.7 Å². The van der Waals surface area contributed by atoms with Crippen LogP contribution in [0.4, 0.5) is 0 Å². The van der Waals surface area contributed by atoms with Crippen LogP contribution >= 0.6 is 0 Å². The second-order valence-corrected chi connectivity index (χ2v) is 8.40. The SMILES string of the molecule is CCN(CC)C(=O)CN1CCN(CC(=O)c2cc(C)n(Cc3ccccc3)c2C)CC1. The largest absolute Gasteiger partial charge is 0.344 e. The average molecular weight is 425 g/mol. The fraction of sp³-hybridized carbons (Fsp3) is 0.520. The lowest BCUT2D eigenvalue weighted by atomic mass is 10.1. The molecule has 0 spiro atoms. The molecule has 1 amide bonds. The predicted octanol–water partition coefficient (Wildman–Crippen LogP) is 2.82. The highest BCUT2D eigenvalue weighted by molar-refractivity contribution is 5.99. The first-order valence-corrected chi connectivity index (χ1v) is 11.4. The lowest BCUT2D eigenvalue weighted by Crippen LogP contribution is -2.51. The highest BCUT2D eigenvalue weighted by Crippen LogP contribution is 2.18. The van der Waals surface area contributed by atoms with E-state index in [1.165, 1.54) is 5.56 Å². The summed E-state index contributed by atoms with van der Waals surface area (Å²) in [6.45, 7) is 14.6. The Morgan fingerprint density at radius 3 is 2.06 bits per heavy atom. The molecule has 0 atom stereocenters. The first kappa shape index (κ1) is 23.2. The molecule has 0 saturated carbocycles. The molecule has 1 fully saturated rings. The van der Waals surface area contributed by atoms with Crippen LogP contribution in [0.15, 0.2) is 36.4 Å². The third kappa shape index (κ3) is 5.83. The van der Waals surface area contributed by atoms with Crippen molar-refractivity contribution in [1.29, 1.82) is 0 Å². The highest BCUT2D eigenvalue weighted by Gasteiger charge is 2.24. The molecule has 3 rings (SSSR count). The van der Waals surface area contributed by atoms with Gasteiger partial charge in [0.05, 0.1) is 13.1 Å². The Labute approximate surface area is 186 Å². The smallest absolute Gasteiger partial charge is 0.236 e. The van der Waals surface area contributed by atoms with Gasteiger partial charge in [0.1, 0.15) is 0 Å². The molecular formula is C25H36N4O2. The Kier molecular flexibility index (Phi) is 8.04. The zero-order valence-corrected chi connectivity index (χ0v) is 19.4. The molecule has 2 heterocycles. The van der Waals surface area contributed by atoms with Crippen molar-refractivity contribution in [3.63, 3.8) is 0 Å². The van der Waals surface area contributed by atoms with Crippen LogP contribution in [0.2, 0.25) is 0 Å². The van der Waals surface area contributed by atoms with Crippen molar-refractivity contribution >= 4 is 11.7 Å². The van der Waals surface area contributed by atoms with Gasteiger partial charge in [-0.05, 0) is 39.3 Å². The third-order valence-corrected chi connectivity index (χ3v) is 6.36. The van der Waals surface area contributed by atoms with E-state index >= 15 is 0 Å². The van der Waals surface area contributed by atoms with Crippen LogP contribution in [0, 0.1) is 13.8 Å². The van der Waals surface area contributed by atoms with Gasteiger partial charge in [0, 0.05) is 62.8 Å². The lowest BCUT2D eigenvalue weighted by Gasteiger charge is -2.34. The third-order valence-electron chi connectivity index (χ3n) is 6.36. The number of benzene rings is 1. The number of Topliss-reactive ketones (excluding diaryl/α,β-unsaturated/α-hetero) is 1. The van der Waals surface area contributed by atoms with Crippen molar-refractivity contribution in [2.45, 2.75) is 34.2 Å². The summed E-state index contributed by atoms with van der Waals surface area (Å²) in [4.78, 5) is 31.7. The van der Waals surface area contributed by atoms with Crippen LogP contribution in [-0.4, -0.2) is 83.3 Å². The van der Waals surface area contributed by atoms with Gasteiger partial charge >= 0.3 is 0 Å². The van der Waals surface area contributed by atoms with Gasteiger partial charge in [-0.2, -0.15) is 0 Å². The molecule has 31 heavy (non-hydrogen) atoms. The number of hydrogen-bond donors (Lipinski definition) is 0. The minimum atomic E-state index is 0.181. The number of carbonyl (C=O) groups is 2. The molecule has 1 aliphatic rings. The minimum Gasteiger partial charge on any atom is -0.344 e. The minimum absolute atomic E-state index is 0.181. The van der Waals surface area contributed by atoms with Crippen molar-refractivity contribution in [2.75, 3.05) is 52.4 Å². The van der Waals surface area contributed by atoms with Crippen molar-refractivity contribution in [2.24, 2.45) is 0 Å². The summed E-state index contributed by atoms with van der Waals surface area (Å²) in [5.74, 6) is 0.375. The Balaban J connectivity index is 1.54. The summed E-state index contributed by atoms with van der Waals surface area (Å²) < 4.78 is 2.22. The lowest BCUT2D eigenvalue weighted by molar-refractivity contribution is -0.132. The van der Waals surface area contributed by atoms with E-state index in [9.17, 15) is 9.59 Å². The summed E-state index contributed by atoms with van der Waals surface area (Å²) in [6, 6.07) is 12.4. The van der Waals surface area contributed by atoms with E-state index in [2.05, 4.69) is 33.4 Å². The molecule has 6 heteroatoms. The summed E-state index contributed by atoms with van der Waals surface area (Å²) in [5.41, 5.74) is 4.21. The maximum atomic E-state index is 13.0. The zero-order chi connectivity index (χ0) is 22.4. The quantitative estimate of drug-likeness (QED) is 0.581. The van der Waals surface area contributed by atoms with Crippen molar-refractivity contribution in [3.05, 3.63) is 58.9 Å². The Morgan fingerprint density at radius 1 is 0.903 bits per heavy atom.